The monoisotopic (exact) mass is 325 g/mol. The summed E-state index contributed by atoms with van der Waals surface area (Å²) in [5.74, 6) is 1.01. The molecule has 20 heavy (non-hydrogen) atoms. The predicted octanol–water partition coefficient (Wildman–Crippen LogP) is 1.77. The van der Waals surface area contributed by atoms with Gasteiger partial charge in [0.25, 0.3) is 0 Å². The average molecular weight is 326 g/mol. The van der Waals surface area contributed by atoms with E-state index in [2.05, 4.69) is 29.1 Å². The lowest BCUT2D eigenvalue weighted by atomic mass is 10.0. The molecule has 0 aromatic heterocycles. The summed E-state index contributed by atoms with van der Waals surface area (Å²) in [7, 11) is 2.16. The number of piperidine rings is 1. The van der Waals surface area contributed by atoms with Gasteiger partial charge in [0.15, 0.2) is 0 Å². The standard InChI is InChI=1S/C14H27N3O.2ClH/c1-3-16(2)10-12-7-9-17(11-12)14(18)13-6-4-5-8-15-13;;/h12-13,15H,3-11H2,1-2H3;2*1H/t12?,13-;;/m1../s1. The second-order valence-corrected chi connectivity index (χ2v) is 5.80. The summed E-state index contributed by atoms with van der Waals surface area (Å²) in [6.45, 7) is 7.32. The molecule has 1 N–H and O–H groups in total. The van der Waals surface area contributed by atoms with Gasteiger partial charge in [0.2, 0.25) is 5.91 Å². The van der Waals surface area contributed by atoms with Crippen LogP contribution in [0.3, 0.4) is 0 Å². The summed E-state index contributed by atoms with van der Waals surface area (Å²) in [6, 6.07) is 0.0985. The van der Waals surface area contributed by atoms with Crippen LogP contribution in [0, 0.1) is 5.92 Å². The summed E-state index contributed by atoms with van der Waals surface area (Å²) < 4.78 is 0. The third-order valence-corrected chi connectivity index (χ3v) is 4.32. The van der Waals surface area contributed by atoms with Gasteiger partial charge in [-0.3, -0.25) is 4.79 Å². The molecule has 2 aliphatic heterocycles. The maximum atomic E-state index is 12.4. The molecule has 0 bridgehead atoms. The van der Waals surface area contributed by atoms with Crippen molar-refractivity contribution < 1.29 is 4.79 Å². The van der Waals surface area contributed by atoms with Crippen LogP contribution >= 0.6 is 24.8 Å². The summed E-state index contributed by atoms with van der Waals surface area (Å²) in [5, 5.41) is 3.36. The van der Waals surface area contributed by atoms with E-state index in [0.717, 1.165) is 39.1 Å². The van der Waals surface area contributed by atoms with E-state index in [1.165, 1.54) is 19.3 Å². The van der Waals surface area contributed by atoms with E-state index in [9.17, 15) is 4.79 Å². The Hall–Kier alpha value is -0.0300. The van der Waals surface area contributed by atoms with Gasteiger partial charge in [-0.2, -0.15) is 0 Å². The van der Waals surface area contributed by atoms with Crippen LogP contribution in [0.5, 0.6) is 0 Å². The number of hydrogen-bond donors (Lipinski definition) is 1. The molecule has 0 aromatic carbocycles. The SMILES string of the molecule is CCN(C)CC1CCN(C(=O)[C@H]2CCCCN2)C1.Cl.Cl. The van der Waals surface area contributed by atoms with E-state index in [-0.39, 0.29) is 30.9 Å². The first-order valence-electron chi connectivity index (χ1n) is 7.41. The molecule has 2 saturated heterocycles. The van der Waals surface area contributed by atoms with Gasteiger partial charge in [-0.1, -0.05) is 13.3 Å². The minimum atomic E-state index is 0. The molecule has 6 heteroatoms. The number of carbonyl (C=O) groups excluding carboxylic acids is 1. The lowest BCUT2D eigenvalue weighted by Gasteiger charge is -2.27. The quantitative estimate of drug-likeness (QED) is 0.855. The van der Waals surface area contributed by atoms with Gasteiger partial charge in [-0.25, -0.2) is 0 Å². The number of amides is 1. The van der Waals surface area contributed by atoms with Crippen molar-refractivity contribution in [3.05, 3.63) is 0 Å². The molecule has 2 aliphatic rings. The number of rotatable bonds is 4. The molecule has 1 unspecified atom stereocenters. The second-order valence-electron chi connectivity index (χ2n) is 5.80. The number of nitrogens with one attached hydrogen (secondary N) is 1. The Morgan fingerprint density at radius 2 is 2.05 bits per heavy atom. The normalized spacial score (nSPS) is 26.1. The van der Waals surface area contributed by atoms with E-state index in [4.69, 9.17) is 0 Å². The first kappa shape index (κ1) is 20.0. The van der Waals surface area contributed by atoms with Crippen LogP contribution in [-0.2, 0) is 4.79 Å². The summed E-state index contributed by atoms with van der Waals surface area (Å²) in [4.78, 5) is 16.8. The zero-order valence-corrected chi connectivity index (χ0v) is 14.3. The predicted molar refractivity (Wildman–Crippen MR) is 88.0 cm³/mol. The Balaban J connectivity index is 0.00000180. The minimum absolute atomic E-state index is 0. The van der Waals surface area contributed by atoms with Crippen molar-refractivity contribution in [2.24, 2.45) is 5.92 Å². The Morgan fingerprint density at radius 1 is 1.30 bits per heavy atom. The number of likely N-dealkylation sites (tertiary alicyclic amines) is 1. The first-order chi connectivity index (χ1) is 8.70. The lowest BCUT2D eigenvalue weighted by Crippen LogP contribution is -2.48. The van der Waals surface area contributed by atoms with Crippen LogP contribution in [0.1, 0.15) is 32.6 Å². The third-order valence-electron chi connectivity index (χ3n) is 4.32. The van der Waals surface area contributed by atoms with Crippen molar-refractivity contribution >= 4 is 30.7 Å². The van der Waals surface area contributed by atoms with Crippen molar-refractivity contribution in [1.82, 2.24) is 15.1 Å². The van der Waals surface area contributed by atoms with Crippen molar-refractivity contribution in [2.75, 3.05) is 39.8 Å². The van der Waals surface area contributed by atoms with E-state index in [1.54, 1.807) is 0 Å². The van der Waals surface area contributed by atoms with Crippen molar-refractivity contribution in [3.63, 3.8) is 0 Å². The molecule has 1 amide bonds. The zero-order chi connectivity index (χ0) is 13.0. The Labute approximate surface area is 135 Å². The third kappa shape index (κ3) is 5.40. The number of hydrogen-bond acceptors (Lipinski definition) is 3. The number of nitrogens with zero attached hydrogens (tertiary/aromatic N) is 2. The highest BCUT2D eigenvalue weighted by molar-refractivity contribution is 5.85. The molecule has 0 aromatic rings. The molecule has 0 aliphatic carbocycles. The van der Waals surface area contributed by atoms with Gasteiger partial charge in [0.1, 0.15) is 0 Å². The molecular formula is C14H29Cl2N3O. The van der Waals surface area contributed by atoms with E-state index in [0.29, 0.717) is 11.8 Å². The Bertz CT molecular complexity index is 286. The molecule has 2 heterocycles. The smallest absolute Gasteiger partial charge is 0.239 e. The average Bonchev–Trinajstić information content (AvgIpc) is 2.87. The molecule has 2 atom stereocenters. The van der Waals surface area contributed by atoms with Crippen LogP contribution in [-0.4, -0.2) is 61.5 Å². The zero-order valence-electron chi connectivity index (χ0n) is 12.6. The highest BCUT2D eigenvalue weighted by atomic mass is 35.5. The van der Waals surface area contributed by atoms with E-state index < -0.39 is 0 Å². The van der Waals surface area contributed by atoms with Crippen molar-refractivity contribution in [1.29, 1.82) is 0 Å². The maximum Gasteiger partial charge on any atom is 0.239 e. The molecular weight excluding hydrogens is 297 g/mol. The molecule has 120 valence electrons. The number of carbonyl (C=O) groups is 1. The fraction of sp³-hybridized carbons (Fsp3) is 0.929. The highest BCUT2D eigenvalue weighted by Gasteiger charge is 2.31. The van der Waals surface area contributed by atoms with Gasteiger partial charge in [-0.05, 0) is 45.3 Å². The van der Waals surface area contributed by atoms with E-state index >= 15 is 0 Å². The highest BCUT2D eigenvalue weighted by Crippen LogP contribution is 2.19. The van der Waals surface area contributed by atoms with Crippen molar-refractivity contribution in [2.45, 2.75) is 38.6 Å². The van der Waals surface area contributed by atoms with Gasteiger partial charge in [0.05, 0.1) is 6.04 Å². The number of halogens is 2. The summed E-state index contributed by atoms with van der Waals surface area (Å²) in [5.41, 5.74) is 0. The molecule has 0 spiro atoms. The molecule has 2 fully saturated rings. The van der Waals surface area contributed by atoms with Crippen LogP contribution in [0.4, 0.5) is 0 Å². The first-order valence-corrected chi connectivity index (χ1v) is 7.41. The largest absolute Gasteiger partial charge is 0.341 e. The minimum Gasteiger partial charge on any atom is -0.341 e. The Morgan fingerprint density at radius 3 is 2.65 bits per heavy atom. The van der Waals surface area contributed by atoms with Crippen LogP contribution in [0.15, 0.2) is 0 Å². The topological polar surface area (TPSA) is 35.6 Å². The second kappa shape index (κ2) is 9.82. The molecule has 2 rings (SSSR count). The summed E-state index contributed by atoms with van der Waals surface area (Å²) in [6.07, 6.45) is 4.60. The van der Waals surface area contributed by atoms with E-state index in [1.807, 2.05) is 0 Å². The van der Waals surface area contributed by atoms with Crippen LogP contribution < -0.4 is 5.32 Å². The summed E-state index contributed by atoms with van der Waals surface area (Å²) >= 11 is 0. The molecule has 0 radical (unpaired) electrons. The molecule has 0 saturated carbocycles. The Kier molecular flexibility index (Phi) is 9.81. The lowest BCUT2D eigenvalue weighted by molar-refractivity contribution is -0.133. The fourth-order valence-electron chi connectivity index (χ4n) is 3.03. The van der Waals surface area contributed by atoms with Gasteiger partial charge in [0, 0.05) is 19.6 Å². The van der Waals surface area contributed by atoms with Gasteiger partial charge in [-0.15, -0.1) is 24.8 Å². The van der Waals surface area contributed by atoms with Gasteiger partial charge < -0.3 is 15.1 Å². The fourth-order valence-corrected chi connectivity index (χ4v) is 3.03. The maximum absolute atomic E-state index is 12.4. The molecule has 4 nitrogen and oxygen atoms in total. The van der Waals surface area contributed by atoms with Crippen LogP contribution in [0.2, 0.25) is 0 Å². The van der Waals surface area contributed by atoms with Crippen molar-refractivity contribution in [3.8, 4) is 0 Å². The van der Waals surface area contributed by atoms with Crippen LogP contribution in [0.25, 0.3) is 0 Å². The van der Waals surface area contributed by atoms with Gasteiger partial charge >= 0.3 is 0 Å².